The first kappa shape index (κ1) is 29.0. The zero-order valence-corrected chi connectivity index (χ0v) is 20.5. The molecule has 0 unspecified atom stereocenters. The van der Waals surface area contributed by atoms with Crippen molar-refractivity contribution in [2.24, 2.45) is 0 Å². The summed E-state index contributed by atoms with van der Waals surface area (Å²) in [5, 5.41) is 0.682. The van der Waals surface area contributed by atoms with Crippen LogP contribution in [0, 0.1) is 25.7 Å². The molecule has 1 heterocycles. The standard InChI is InChI=1S/C20H18ClNO.C2H6O.C2H6.2C2H2/c1-13(23)22-12-18-10-16(14-2-3-14)6-4-15(18)5-7-17-11-19(21)8-9-20(17)22;1-3-2;3*1-2/h4-11,14H,2-3,12H2,1H3;1-2H3;1-2H3;2*1-2H/b7-5-;;;;. The third-order valence-corrected chi connectivity index (χ3v) is 4.88. The lowest BCUT2D eigenvalue weighted by atomic mass is 9.97. The number of benzene rings is 2. The molecule has 4 heteroatoms. The zero-order valence-electron chi connectivity index (χ0n) is 19.8. The Hall–Kier alpha value is -2.98. The van der Waals surface area contributed by atoms with Crippen LogP contribution in [0.5, 0.6) is 0 Å². The summed E-state index contributed by atoms with van der Waals surface area (Å²) in [4.78, 5) is 14.1. The van der Waals surface area contributed by atoms with Crippen LogP contribution in [0.2, 0.25) is 5.02 Å². The molecule has 1 fully saturated rings. The van der Waals surface area contributed by atoms with Crippen molar-refractivity contribution >= 4 is 35.3 Å². The Labute approximate surface area is 199 Å². The first-order chi connectivity index (χ1) is 15.5. The summed E-state index contributed by atoms with van der Waals surface area (Å²) in [5.41, 5.74) is 5.68. The lowest BCUT2D eigenvalue weighted by Crippen LogP contribution is -2.29. The van der Waals surface area contributed by atoms with Crippen LogP contribution in [-0.4, -0.2) is 20.1 Å². The van der Waals surface area contributed by atoms with Crippen LogP contribution in [0.25, 0.3) is 12.2 Å². The third-order valence-electron chi connectivity index (χ3n) is 4.65. The highest BCUT2D eigenvalue weighted by atomic mass is 35.5. The highest BCUT2D eigenvalue weighted by Crippen LogP contribution is 2.41. The number of hydrogen-bond acceptors (Lipinski definition) is 2. The second-order valence-corrected chi connectivity index (χ2v) is 7.22. The molecule has 0 spiro atoms. The fourth-order valence-corrected chi connectivity index (χ4v) is 3.40. The molecule has 1 amide bonds. The number of nitrogens with zero attached hydrogens (tertiary/aromatic N) is 1. The van der Waals surface area contributed by atoms with Gasteiger partial charge in [0.05, 0.1) is 12.2 Å². The number of rotatable bonds is 1. The van der Waals surface area contributed by atoms with Gasteiger partial charge in [-0.05, 0) is 59.2 Å². The van der Waals surface area contributed by atoms with Gasteiger partial charge in [-0.2, -0.15) is 0 Å². The fourth-order valence-electron chi connectivity index (χ4n) is 3.22. The van der Waals surface area contributed by atoms with Crippen molar-refractivity contribution in [1.82, 2.24) is 0 Å². The number of carbonyl (C=O) groups is 1. The maximum atomic E-state index is 12.2. The Morgan fingerprint density at radius 3 is 2.06 bits per heavy atom. The van der Waals surface area contributed by atoms with E-state index < -0.39 is 0 Å². The van der Waals surface area contributed by atoms with E-state index in [0.29, 0.717) is 17.5 Å². The van der Waals surface area contributed by atoms with Crippen LogP contribution in [0.1, 0.15) is 61.8 Å². The number of anilines is 1. The predicted molar refractivity (Wildman–Crippen MR) is 140 cm³/mol. The molecule has 4 rings (SSSR count). The molecular formula is C28H34ClNO2. The molecule has 3 nitrogen and oxygen atoms in total. The van der Waals surface area contributed by atoms with Gasteiger partial charge in [-0.25, -0.2) is 0 Å². The second kappa shape index (κ2) is 15.8. The van der Waals surface area contributed by atoms with Gasteiger partial charge in [0.25, 0.3) is 0 Å². The van der Waals surface area contributed by atoms with Crippen molar-refractivity contribution in [1.29, 1.82) is 0 Å². The number of methoxy groups -OCH3 is 1. The van der Waals surface area contributed by atoms with Crippen molar-refractivity contribution in [2.45, 2.75) is 46.1 Å². The summed E-state index contributed by atoms with van der Waals surface area (Å²) < 4.78 is 4.25. The minimum Gasteiger partial charge on any atom is -0.388 e. The third kappa shape index (κ3) is 8.27. The van der Waals surface area contributed by atoms with Gasteiger partial charge in [-0.15, -0.1) is 25.7 Å². The number of fused-ring (bicyclic) bond motifs is 2. The Kier molecular flexibility index (Phi) is 14.3. The van der Waals surface area contributed by atoms with Crippen molar-refractivity contribution in [2.75, 3.05) is 19.1 Å². The zero-order chi connectivity index (χ0) is 24.7. The van der Waals surface area contributed by atoms with E-state index in [4.69, 9.17) is 11.6 Å². The predicted octanol–water partition coefficient (Wildman–Crippen LogP) is 7.04. The Bertz CT molecular complexity index is 918. The number of hydrogen-bond donors (Lipinski definition) is 0. The van der Waals surface area contributed by atoms with E-state index in [2.05, 4.69) is 54.7 Å². The van der Waals surface area contributed by atoms with Crippen LogP contribution in [0.4, 0.5) is 5.69 Å². The van der Waals surface area contributed by atoms with E-state index in [0.717, 1.165) is 11.3 Å². The van der Waals surface area contributed by atoms with Crippen LogP contribution >= 0.6 is 11.6 Å². The average molecular weight is 452 g/mol. The van der Waals surface area contributed by atoms with Crippen LogP contribution < -0.4 is 4.90 Å². The molecule has 1 saturated carbocycles. The number of terminal acetylenes is 2. The van der Waals surface area contributed by atoms with E-state index in [-0.39, 0.29) is 5.91 Å². The quantitative estimate of drug-likeness (QED) is 0.435. The lowest BCUT2D eigenvalue weighted by Gasteiger charge is -2.26. The smallest absolute Gasteiger partial charge is 0.224 e. The molecule has 0 aromatic heterocycles. The molecule has 1 aliphatic carbocycles. The highest BCUT2D eigenvalue weighted by molar-refractivity contribution is 6.30. The summed E-state index contributed by atoms with van der Waals surface area (Å²) in [6.07, 6.45) is 22.7. The monoisotopic (exact) mass is 451 g/mol. The van der Waals surface area contributed by atoms with Gasteiger partial charge in [0.1, 0.15) is 0 Å². The molecule has 32 heavy (non-hydrogen) atoms. The minimum absolute atomic E-state index is 0.0478. The van der Waals surface area contributed by atoms with Crippen molar-refractivity contribution < 1.29 is 9.53 Å². The van der Waals surface area contributed by atoms with Crippen molar-refractivity contribution in [3.63, 3.8) is 0 Å². The van der Waals surface area contributed by atoms with E-state index in [1.807, 2.05) is 43.0 Å². The molecule has 0 radical (unpaired) electrons. The van der Waals surface area contributed by atoms with Gasteiger partial charge < -0.3 is 9.64 Å². The average Bonchev–Trinajstić information content (AvgIpc) is 3.65. The van der Waals surface area contributed by atoms with Crippen molar-refractivity contribution in [3.8, 4) is 25.7 Å². The number of ether oxygens (including phenoxy) is 1. The van der Waals surface area contributed by atoms with Gasteiger partial charge >= 0.3 is 0 Å². The molecule has 0 saturated heterocycles. The summed E-state index contributed by atoms with van der Waals surface area (Å²) in [6.45, 7) is 6.22. The van der Waals surface area contributed by atoms with E-state index in [9.17, 15) is 4.79 Å². The van der Waals surface area contributed by atoms with Crippen LogP contribution in [0.15, 0.2) is 36.4 Å². The van der Waals surface area contributed by atoms with Crippen molar-refractivity contribution in [3.05, 3.63) is 63.7 Å². The normalized spacial score (nSPS) is 13.6. The van der Waals surface area contributed by atoms with Gasteiger partial charge in [0.15, 0.2) is 0 Å². The van der Waals surface area contributed by atoms with Crippen LogP contribution in [-0.2, 0) is 16.1 Å². The number of amides is 1. The van der Waals surface area contributed by atoms with Gasteiger partial charge in [0.2, 0.25) is 5.91 Å². The van der Waals surface area contributed by atoms with Gasteiger partial charge in [0, 0.05) is 26.2 Å². The maximum absolute atomic E-state index is 12.2. The Morgan fingerprint density at radius 2 is 1.53 bits per heavy atom. The molecule has 170 valence electrons. The second-order valence-electron chi connectivity index (χ2n) is 6.78. The number of halogens is 1. The minimum atomic E-state index is 0.0478. The summed E-state index contributed by atoms with van der Waals surface area (Å²) in [5.74, 6) is 0.762. The SMILES string of the molecule is C#C.C#C.CC.CC(=O)N1Cc2cc(C3CC3)ccc2/C=C\c2cc(Cl)ccc21.COC. The Morgan fingerprint density at radius 1 is 0.969 bits per heavy atom. The largest absolute Gasteiger partial charge is 0.388 e. The fraction of sp³-hybridized carbons (Fsp3) is 0.321. The molecule has 2 aromatic carbocycles. The number of carbonyl (C=O) groups excluding carboxylic acids is 1. The molecule has 0 atom stereocenters. The summed E-state index contributed by atoms with van der Waals surface area (Å²) in [6, 6.07) is 12.3. The molecule has 0 N–H and O–H groups in total. The molecule has 1 aliphatic heterocycles. The van der Waals surface area contributed by atoms with E-state index in [1.54, 1.807) is 21.1 Å². The lowest BCUT2D eigenvalue weighted by molar-refractivity contribution is -0.116. The first-order valence-electron chi connectivity index (χ1n) is 10.5. The molecule has 2 aromatic rings. The van der Waals surface area contributed by atoms with Crippen LogP contribution in [0.3, 0.4) is 0 Å². The Balaban J connectivity index is 0.000000948. The van der Waals surface area contributed by atoms with Gasteiger partial charge in [-0.3, -0.25) is 4.79 Å². The summed E-state index contributed by atoms with van der Waals surface area (Å²) in [7, 11) is 3.25. The first-order valence-corrected chi connectivity index (χ1v) is 10.9. The molecule has 2 aliphatic rings. The molecule has 0 bridgehead atoms. The van der Waals surface area contributed by atoms with E-state index in [1.165, 1.54) is 29.5 Å². The van der Waals surface area contributed by atoms with E-state index >= 15 is 0 Å². The maximum Gasteiger partial charge on any atom is 0.224 e. The highest BCUT2D eigenvalue weighted by Gasteiger charge is 2.25. The summed E-state index contributed by atoms with van der Waals surface area (Å²) >= 11 is 6.12. The van der Waals surface area contributed by atoms with Gasteiger partial charge in [-0.1, -0.05) is 55.8 Å². The topological polar surface area (TPSA) is 29.5 Å². The molecular weight excluding hydrogens is 418 g/mol.